The summed E-state index contributed by atoms with van der Waals surface area (Å²) >= 11 is 0. The van der Waals surface area contributed by atoms with Crippen molar-refractivity contribution < 1.29 is 53.5 Å². The van der Waals surface area contributed by atoms with Crippen LogP contribution in [0.2, 0.25) is 0 Å². The summed E-state index contributed by atoms with van der Waals surface area (Å²) in [5, 5.41) is 84.2. The zero-order chi connectivity index (χ0) is 38.6. The van der Waals surface area contributed by atoms with Gasteiger partial charge < -0.3 is 23.9 Å². The quantitative estimate of drug-likeness (QED) is 0.233. The first kappa shape index (κ1) is 40.7. The molecule has 0 radical (unpaired) electrons. The van der Waals surface area contributed by atoms with Gasteiger partial charge in [0.05, 0.1) is 105 Å². The summed E-state index contributed by atoms with van der Waals surface area (Å²) in [6.45, 7) is 13.2. The highest BCUT2D eigenvalue weighted by Gasteiger charge is 2.39. The van der Waals surface area contributed by atoms with E-state index in [1.54, 1.807) is 0 Å². The summed E-state index contributed by atoms with van der Waals surface area (Å²) in [7, 11) is 0. The Morgan fingerprint density at radius 3 is 1.00 bits per heavy atom. The van der Waals surface area contributed by atoms with Crippen molar-refractivity contribution >= 4 is 34.1 Å². The molecule has 0 aromatic heterocycles. The van der Waals surface area contributed by atoms with E-state index in [1.165, 1.54) is 106 Å². The van der Waals surface area contributed by atoms with Crippen LogP contribution in [-0.2, 0) is 4.74 Å². The zero-order valence-corrected chi connectivity index (χ0v) is 28.0. The Balaban J connectivity index is 0.000000213. The van der Waals surface area contributed by atoms with Crippen LogP contribution in [0, 0.1) is 60.7 Å². The van der Waals surface area contributed by atoms with Gasteiger partial charge in [-0.1, -0.05) is 12.8 Å². The minimum atomic E-state index is -1.46. The van der Waals surface area contributed by atoms with E-state index in [-0.39, 0.29) is 0 Å². The molecule has 2 spiro atoms. The van der Waals surface area contributed by atoms with Gasteiger partial charge in [0.15, 0.2) is 0 Å². The number of nitrogens with zero attached hydrogens (tertiary/aromatic N) is 8. The first-order valence-electron chi connectivity index (χ1n) is 16.4. The molecule has 3 aliphatic rings. The van der Waals surface area contributed by atoms with Gasteiger partial charge in [-0.15, -0.1) is 0 Å². The second kappa shape index (κ2) is 18.0. The van der Waals surface area contributed by atoms with Crippen LogP contribution in [0.3, 0.4) is 0 Å². The number of ether oxygens (including phenoxy) is 1. The molecule has 3 fully saturated rings. The molecule has 0 amide bonds. The van der Waals surface area contributed by atoms with E-state index in [2.05, 4.69) is 0 Å². The lowest BCUT2D eigenvalue weighted by atomic mass is 10.1. The van der Waals surface area contributed by atoms with Crippen molar-refractivity contribution in [2.75, 3.05) is 65.6 Å². The highest BCUT2D eigenvalue weighted by atomic mass is 16.7. The highest BCUT2D eigenvalue weighted by molar-refractivity contribution is 5.64. The van der Waals surface area contributed by atoms with Crippen molar-refractivity contribution in [1.29, 1.82) is 0 Å². The number of benzene rings is 2. The van der Waals surface area contributed by atoms with Crippen LogP contribution in [0.25, 0.3) is 0 Å². The predicted molar refractivity (Wildman–Crippen MR) is 174 cm³/mol. The molecule has 0 aliphatic carbocycles. The number of quaternary nitrogens is 2. The lowest BCUT2D eigenvalue weighted by Crippen LogP contribution is -2.58. The lowest BCUT2D eigenvalue weighted by Gasteiger charge is -2.41. The van der Waals surface area contributed by atoms with Gasteiger partial charge in [0.2, 0.25) is 0 Å². The molecule has 0 N–H and O–H groups in total. The Morgan fingerprint density at radius 2 is 0.692 bits per heavy atom. The third-order valence-electron chi connectivity index (χ3n) is 9.53. The van der Waals surface area contributed by atoms with E-state index < -0.39 is 75.2 Å². The SMILES string of the molecule is C1CCCC[N+]2(CCC1)CCC[N+]1(CCOCC1)CC2.O=[N+]([O-])c1cc([N+](=O)[O-])c([O-])c([N+](=O)[O-])c1.O=[N+]([O-])c1cc([N+](=O)[O-])c([O-])c([N+](=O)[O-])c1. The van der Waals surface area contributed by atoms with Gasteiger partial charge in [-0.05, 0) is 25.7 Å². The second-order valence-electron chi connectivity index (χ2n) is 12.7. The summed E-state index contributed by atoms with van der Waals surface area (Å²) < 4.78 is 8.44. The van der Waals surface area contributed by atoms with E-state index >= 15 is 0 Å². The summed E-state index contributed by atoms with van der Waals surface area (Å²) in [5.74, 6) is -2.92. The van der Waals surface area contributed by atoms with Crippen molar-refractivity contribution in [3.63, 3.8) is 0 Å². The molecule has 0 atom stereocenters. The number of rotatable bonds is 6. The van der Waals surface area contributed by atoms with Crippen LogP contribution >= 0.6 is 0 Å². The molecule has 3 aliphatic heterocycles. The van der Waals surface area contributed by atoms with Crippen molar-refractivity contribution in [3.05, 3.63) is 85.0 Å². The van der Waals surface area contributed by atoms with E-state index in [0.29, 0.717) is 24.3 Å². The molecule has 284 valence electrons. The largest absolute Gasteiger partial charge is 0.863 e. The fraction of sp³-hybridized carbons (Fsp3) is 0.586. The summed E-state index contributed by atoms with van der Waals surface area (Å²) in [6.07, 6.45) is 10.3. The smallest absolute Gasteiger partial charge is 0.283 e. The maximum absolute atomic E-state index is 11.1. The van der Waals surface area contributed by atoms with Gasteiger partial charge in [0.1, 0.15) is 26.2 Å². The second-order valence-corrected chi connectivity index (χ2v) is 12.7. The number of morpholine rings is 1. The van der Waals surface area contributed by atoms with Crippen LogP contribution in [0.15, 0.2) is 24.3 Å². The van der Waals surface area contributed by atoms with Crippen LogP contribution in [0.5, 0.6) is 11.5 Å². The zero-order valence-electron chi connectivity index (χ0n) is 28.0. The molecule has 0 saturated carbocycles. The number of nitro benzene ring substituents is 6. The Morgan fingerprint density at radius 1 is 0.404 bits per heavy atom. The fourth-order valence-electron chi connectivity index (χ4n) is 6.65. The molecule has 52 heavy (non-hydrogen) atoms. The fourth-order valence-corrected chi connectivity index (χ4v) is 6.65. The maximum Gasteiger partial charge on any atom is 0.283 e. The van der Waals surface area contributed by atoms with Gasteiger partial charge in [-0.2, -0.15) is 0 Å². The summed E-state index contributed by atoms with van der Waals surface area (Å²) in [4.78, 5) is 55.0. The standard InChI is InChI=1S/C17H34N2O.2C6H3N3O7/c1-2-4-6-9-18(8-5-3-1)10-7-11-19(13-12-18)14-16-20-17-15-19;2*10-6-4(8(13)14)1-3(7(11)12)2-5(6)9(15)16/h1-17H2;2*1-2,10H/q+2;;/p-2. The first-order chi connectivity index (χ1) is 24.5. The van der Waals surface area contributed by atoms with Crippen molar-refractivity contribution in [2.45, 2.75) is 44.9 Å². The average molecular weight is 739 g/mol. The van der Waals surface area contributed by atoms with Gasteiger partial charge in [-0.25, -0.2) is 0 Å². The maximum atomic E-state index is 11.1. The number of non-ortho nitro benzene ring substituents is 2. The van der Waals surface area contributed by atoms with Gasteiger partial charge in [0.25, 0.3) is 34.1 Å². The first-order valence-corrected chi connectivity index (χ1v) is 16.4. The summed E-state index contributed by atoms with van der Waals surface area (Å²) in [6, 6.07) is 1.54. The summed E-state index contributed by atoms with van der Waals surface area (Å²) in [5.41, 5.74) is -6.53. The molecular weight excluding hydrogens is 700 g/mol. The van der Waals surface area contributed by atoms with Gasteiger partial charge >= 0.3 is 0 Å². The normalized spacial score (nSPS) is 18.0. The molecular formula is C29H38N8O15. The van der Waals surface area contributed by atoms with E-state index in [4.69, 9.17) is 4.74 Å². The molecule has 0 unspecified atom stereocenters. The van der Waals surface area contributed by atoms with Crippen LogP contribution in [0.1, 0.15) is 44.9 Å². The van der Waals surface area contributed by atoms with Crippen molar-refractivity contribution in [1.82, 2.24) is 0 Å². The molecule has 23 nitrogen and oxygen atoms in total. The topological polar surface area (TPSA) is 314 Å². The predicted octanol–water partition coefficient (Wildman–Crippen LogP) is 3.38. The Bertz CT molecular complexity index is 1510. The minimum Gasteiger partial charge on any atom is -0.863 e. The monoisotopic (exact) mass is 738 g/mol. The average Bonchev–Trinajstić information content (AvgIpc) is 3.16. The molecule has 3 heterocycles. The van der Waals surface area contributed by atoms with Crippen LogP contribution < -0.4 is 10.2 Å². The Labute approximate surface area is 294 Å². The molecule has 2 aromatic rings. The number of hydrogen-bond donors (Lipinski definition) is 0. The van der Waals surface area contributed by atoms with Crippen molar-refractivity contribution in [2.24, 2.45) is 0 Å². The van der Waals surface area contributed by atoms with E-state index in [0.717, 1.165) is 13.2 Å². The Kier molecular flexibility index (Phi) is 14.1. The lowest BCUT2D eigenvalue weighted by molar-refractivity contribution is -0.967. The van der Waals surface area contributed by atoms with Gasteiger partial charge in [0, 0.05) is 6.42 Å². The minimum absolute atomic E-state index is 0.384. The molecule has 2 aromatic carbocycles. The third kappa shape index (κ3) is 10.7. The van der Waals surface area contributed by atoms with Crippen LogP contribution in [-0.4, -0.2) is 104 Å². The highest BCUT2D eigenvalue weighted by Crippen LogP contribution is 2.38. The number of nitro groups is 6. The van der Waals surface area contributed by atoms with E-state index in [9.17, 15) is 70.9 Å². The van der Waals surface area contributed by atoms with Crippen LogP contribution in [0.4, 0.5) is 34.1 Å². The molecule has 5 rings (SSSR count). The third-order valence-corrected chi connectivity index (χ3v) is 9.53. The number of hydrogen-bond acceptors (Lipinski definition) is 15. The van der Waals surface area contributed by atoms with Gasteiger partial charge in [-0.3, -0.25) is 60.7 Å². The van der Waals surface area contributed by atoms with E-state index in [1.807, 2.05) is 0 Å². The molecule has 3 saturated heterocycles. The Hall–Kier alpha value is -5.68. The molecule has 0 bridgehead atoms. The molecule has 23 heteroatoms. The van der Waals surface area contributed by atoms with Crippen molar-refractivity contribution in [3.8, 4) is 11.5 Å².